The summed E-state index contributed by atoms with van der Waals surface area (Å²) in [6, 6.07) is 7.69. The number of primary sulfonamides is 1. The Balaban J connectivity index is 2.97. The highest BCUT2D eigenvalue weighted by molar-refractivity contribution is 7.89. The maximum absolute atomic E-state index is 13.4. The molecule has 0 aromatic heterocycles. The lowest BCUT2D eigenvalue weighted by Gasteiger charge is -2.19. The van der Waals surface area contributed by atoms with Gasteiger partial charge in [-0.1, -0.05) is 30.3 Å². The largest absolute Gasteiger partial charge is 0.417 e. The number of nitrogens with one attached hydrogen (secondary N) is 2. The second-order valence-electron chi connectivity index (χ2n) is 5.30. The fourth-order valence-corrected chi connectivity index (χ4v) is 3.47. The van der Waals surface area contributed by atoms with Gasteiger partial charge in [-0.2, -0.15) is 13.2 Å². The van der Waals surface area contributed by atoms with Crippen molar-refractivity contribution in [1.82, 2.24) is 5.53 Å². The van der Waals surface area contributed by atoms with Crippen LogP contribution in [0.2, 0.25) is 0 Å². The van der Waals surface area contributed by atoms with E-state index in [2.05, 4.69) is 5.10 Å². The third kappa shape index (κ3) is 4.24. The molecule has 0 amide bonds. The van der Waals surface area contributed by atoms with Crippen molar-refractivity contribution in [3.05, 3.63) is 53.1 Å². The average Bonchev–Trinajstić information content (AvgIpc) is 2.59. The average molecular weight is 400 g/mol. The van der Waals surface area contributed by atoms with E-state index >= 15 is 0 Å². The molecule has 0 aliphatic rings. The molecule has 0 radical (unpaired) electrons. The van der Waals surface area contributed by atoms with Gasteiger partial charge in [0.2, 0.25) is 10.0 Å². The zero-order chi connectivity index (χ0) is 20.4. The Bertz CT molecular complexity index is 1000. The molecule has 144 valence electrons. The topological polar surface area (TPSA) is 160 Å². The lowest BCUT2D eigenvalue weighted by atomic mass is 9.95. The highest BCUT2D eigenvalue weighted by Crippen LogP contribution is 2.39. The Morgan fingerprint density at radius 1 is 1.15 bits per heavy atom. The van der Waals surface area contributed by atoms with Crippen molar-refractivity contribution in [3.8, 4) is 11.1 Å². The van der Waals surface area contributed by atoms with Crippen molar-refractivity contribution in [2.24, 2.45) is 21.8 Å². The number of sulfonamides is 1. The summed E-state index contributed by atoms with van der Waals surface area (Å²) >= 11 is 0. The maximum Gasteiger partial charge on any atom is 0.417 e. The molecule has 0 aliphatic heterocycles. The number of rotatable bonds is 5. The van der Waals surface area contributed by atoms with Gasteiger partial charge in [-0.05, 0) is 22.8 Å². The summed E-state index contributed by atoms with van der Waals surface area (Å²) in [6.07, 6.45) is -3.93. The fraction of sp³-hybridized carbons (Fsp3) is 0.0667. The van der Waals surface area contributed by atoms with Gasteiger partial charge in [-0.3, -0.25) is 0 Å². The van der Waals surface area contributed by atoms with Crippen molar-refractivity contribution in [3.63, 3.8) is 0 Å². The Morgan fingerprint density at radius 3 is 2.19 bits per heavy atom. The van der Waals surface area contributed by atoms with Gasteiger partial charge in [0.15, 0.2) is 5.84 Å². The minimum Gasteiger partial charge on any atom is -0.382 e. The molecule has 0 heterocycles. The summed E-state index contributed by atoms with van der Waals surface area (Å²) in [5.74, 6) is 4.43. The Labute approximate surface area is 152 Å². The first-order chi connectivity index (χ1) is 12.5. The third-order valence-electron chi connectivity index (χ3n) is 3.58. The standard InChI is InChI=1S/C15H15F3N6O2S/c16-15(17,18)11-6-5-10(9-3-1-8(7-19)2-4-9)12(14(20)23-24-21)13(11)27(22,25)26/h1-7,19,24H,21H2,(H2,20,23)(H2,22,25,26). The van der Waals surface area contributed by atoms with E-state index in [1.807, 2.05) is 5.53 Å². The monoisotopic (exact) mass is 400 g/mol. The smallest absolute Gasteiger partial charge is 0.382 e. The fourth-order valence-electron chi connectivity index (χ4n) is 2.48. The normalized spacial score (nSPS) is 12.7. The lowest BCUT2D eigenvalue weighted by Crippen LogP contribution is -2.29. The second-order valence-corrected chi connectivity index (χ2v) is 6.80. The zero-order valence-corrected chi connectivity index (χ0v) is 14.4. The highest BCUT2D eigenvalue weighted by Gasteiger charge is 2.39. The molecule has 0 aliphatic carbocycles. The number of benzene rings is 2. The van der Waals surface area contributed by atoms with Gasteiger partial charge >= 0.3 is 6.18 Å². The van der Waals surface area contributed by atoms with E-state index in [0.29, 0.717) is 17.2 Å². The first-order valence-electron chi connectivity index (χ1n) is 7.17. The zero-order valence-electron chi connectivity index (χ0n) is 13.6. The SMILES string of the molecule is N=Cc1ccc(-c2ccc(C(F)(F)F)c(S(N)(=O)=O)c2/C(N)=N/NN)cc1. The van der Waals surface area contributed by atoms with Crippen molar-refractivity contribution < 1.29 is 21.6 Å². The van der Waals surface area contributed by atoms with Crippen LogP contribution in [0.15, 0.2) is 46.4 Å². The molecular formula is C15H15F3N6O2S. The molecular weight excluding hydrogens is 385 g/mol. The van der Waals surface area contributed by atoms with Crippen molar-refractivity contribution in [2.45, 2.75) is 11.1 Å². The Hall–Kier alpha value is -2.96. The number of nitrogens with two attached hydrogens (primary N) is 3. The number of hydrazine groups is 1. The molecule has 27 heavy (non-hydrogen) atoms. The molecule has 0 bridgehead atoms. The number of amidine groups is 1. The van der Waals surface area contributed by atoms with E-state index in [0.717, 1.165) is 12.3 Å². The molecule has 0 fully saturated rings. The van der Waals surface area contributed by atoms with Crippen LogP contribution in [-0.2, 0) is 16.2 Å². The summed E-state index contributed by atoms with van der Waals surface area (Å²) in [6.45, 7) is 0. The molecule has 8 N–H and O–H groups in total. The van der Waals surface area contributed by atoms with Crippen LogP contribution in [0.25, 0.3) is 11.1 Å². The van der Waals surface area contributed by atoms with Crippen LogP contribution in [0.1, 0.15) is 16.7 Å². The number of hydrazone groups is 1. The Kier molecular flexibility index (Phi) is 5.54. The van der Waals surface area contributed by atoms with E-state index in [-0.39, 0.29) is 5.56 Å². The highest BCUT2D eigenvalue weighted by atomic mass is 32.2. The molecule has 2 aromatic rings. The van der Waals surface area contributed by atoms with Crippen LogP contribution >= 0.6 is 0 Å². The number of halogens is 3. The van der Waals surface area contributed by atoms with Gasteiger partial charge in [0.25, 0.3) is 0 Å². The summed E-state index contributed by atoms with van der Waals surface area (Å²) in [5.41, 5.74) is 6.41. The summed E-state index contributed by atoms with van der Waals surface area (Å²) < 4.78 is 64.1. The van der Waals surface area contributed by atoms with Gasteiger partial charge in [-0.15, -0.1) is 5.10 Å². The summed E-state index contributed by atoms with van der Waals surface area (Å²) in [4.78, 5) is -1.21. The van der Waals surface area contributed by atoms with E-state index < -0.39 is 38.1 Å². The van der Waals surface area contributed by atoms with Gasteiger partial charge in [0.1, 0.15) is 4.90 Å². The third-order valence-corrected chi connectivity index (χ3v) is 4.57. The van der Waals surface area contributed by atoms with Crippen LogP contribution in [0.4, 0.5) is 13.2 Å². The number of hydrogen-bond acceptors (Lipinski definition) is 6. The number of alkyl halides is 3. The predicted molar refractivity (Wildman–Crippen MR) is 94.2 cm³/mol. The summed E-state index contributed by atoms with van der Waals surface area (Å²) in [7, 11) is -4.84. The lowest BCUT2D eigenvalue weighted by molar-refractivity contribution is -0.139. The van der Waals surface area contributed by atoms with Crippen molar-refractivity contribution >= 4 is 22.1 Å². The predicted octanol–water partition coefficient (Wildman–Crippen LogP) is 1.10. The van der Waals surface area contributed by atoms with Crippen LogP contribution in [0.5, 0.6) is 0 Å². The van der Waals surface area contributed by atoms with Crippen molar-refractivity contribution in [1.29, 1.82) is 5.41 Å². The van der Waals surface area contributed by atoms with E-state index in [9.17, 15) is 21.6 Å². The molecule has 0 spiro atoms. The van der Waals surface area contributed by atoms with Gasteiger partial charge < -0.3 is 11.1 Å². The second kappa shape index (κ2) is 7.34. The van der Waals surface area contributed by atoms with Gasteiger partial charge in [-0.25, -0.2) is 24.9 Å². The van der Waals surface area contributed by atoms with E-state index in [4.69, 9.17) is 22.1 Å². The molecule has 2 aromatic carbocycles. The quantitative estimate of drug-likeness (QED) is 0.219. The Morgan fingerprint density at radius 2 is 1.74 bits per heavy atom. The first-order valence-corrected chi connectivity index (χ1v) is 8.72. The number of hydrogen-bond donors (Lipinski definition) is 5. The van der Waals surface area contributed by atoms with Crippen molar-refractivity contribution in [2.75, 3.05) is 0 Å². The molecule has 2 rings (SSSR count). The van der Waals surface area contributed by atoms with Crippen LogP contribution < -0.4 is 22.3 Å². The molecule has 0 saturated carbocycles. The maximum atomic E-state index is 13.4. The minimum absolute atomic E-state index is 0.0417. The molecule has 8 nitrogen and oxygen atoms in total. The summed E-state index contributed by atoms with van der Waals surface area (Å²) in [5, 5.41) is 15.7. The molecule has 12 heteroatoms. The van der Waals surface area contributed by atoms with Crippen LogP contribution in [-0.4, -0.2) is 20.5 Å². The van der Waals surface area contributed by atoms with Crippen LogP contribution in [0, 0.1) is 5.41 Å². The van der Waals surface area contributed by atoms with Gasteiger partial charge in [0, 0.05) is 11.8 Å². The number of nitrogens with zero attached hydrogens (tertiary/aromatic N) is 1. The van der Waals surface area contributed by atoms with E-state index in [1.54, 1.807) is 0 Å². The minimum atomic E-state index is -5.00. The van der Waals surface area contributed by atoms with E-state index in [1.165, 1.54) is 24.3 Å². The van der Waals surface area contributed by atoms with Gasteiger partial charge in [0.05, 0.1) is 5.56 Å². The molecule has 0 unspecified atom stereocenters. The first kappa shape index (κ1) is 20.4. The van der Waals surface area contributed by atoms with Crippen LogP contribution in [0.3, 0.4) is 0 Å². The molecule has 0 atom stereocenters. The molecule has 0 saturated heterocycles.